The highest BCUT2D eigenvalue weighted by Crippen LogP contribution is 2.36. The van der Waals surface area contributed by atoms with Crippen LogP contribution in [0.5, 0.6) is 0 Å². The van der Waals surface area contributed by atoms with Crippen LogP contribution in [0, 0.1) is 6.92 Å². The van der Waals surface area contributed by atoms with Crippen LogP contribution in [-0.2, 0) is 14.0 Å². The molecule has 4 rings (SSSR count). The molecule has 184 valence electrons. The van der Waals surface area contributed by atoms with Gasteiger partial charge in [0.2, 0.25) is 5.28 Å². The molecular formula is C20H25ClN5O7P. The van der Waals surface area contributed by atoms with Gasteiger partial charge in [0.15, 0.2) is 11.9 Å². The minimum Gasteiger partial charge on any atom is -0.387 e. The second-order valence-electron chi connectivity index (χ2n) is 8.16. The Hall–Kier alpha value is -2.15. The van der Waals surface area contributed by atoms with E-state index in [1.165, 1.54) is 10.9 Å². The lowest BCUT2D eigenvalue weighted by Gasteiger charge is -2.17. The molecule has 12 nitrogen and oxygen atoms in total. The molecule has 5 N–H and O–H groups in total. The molecule has 2 aromatic heterocycles. The van der Waals surface area contributed by atoms with Crippen LogP contribution in [-0.4, -0.2) is 71.0 Å². The maximum Gasteiger partial charge on any atom is 0.350 e. The number of aromatic nitrogens is 4. The number of benzene rings is 1. The van der Waals surface area contributed by atoms with E-state index in [1.54, 1.807) is 0 Å². The molecule has 0 amide bonds. The molecule has 14 heteroatoms. The summed E-state index contributed by atoms with van der Waals surface area (Å²) in [5.74, 6) is 0.434. The summed E-state index contributed by atoms with van der Waals surface area (Å²) in [6, 6.07) is 7.94. The van der Waals surface area contributed by atoms with Gasteiger partial charge in [-0.05, 0) is 31.0 Å². The van der Waals surface area contributed by atoms with Gasteiger partial charge >= 0.3 is 7.60 Å². The minimum absolute atomic E-state index is 0.0533. The maximum atomic E-state index is 11.0. The summed E-state index contributed by atoms with van der Waals surface area (Å²) in [4.78, 5) is 26.3. The summed E-state index contributed by atoms with van der Waals surface area (Å²) in [5, 5.41) is 28.9. The van der Waals surface area contributed by atoms with Crippen LogP contribution in [0.25, 0.3) is 11.0 Å². The zero-order valence-corrected chi connectivity index (χ0v) is 20.0. The number of aliphatic hydroxyl groups excluding tert-OH is 2. The fourth-order valence-electron chi connectivity index (χ4n) is 3.70. The van der Waals surface area contributed by atoms with Gasteiger partial charge < -0.3 is 34.8 Å². The molecule has 0 saturated carbocycles. The van der Waals surface area contributed by atoms with Crippen molar-refractivity contribution in [3.8, 4) is 0 Å². The topological polar surface area (TPSA) is 172 Å². The monoisotopic (exact) mass is 513 g/mol. The lowest BCUT2D eigenvalue weighted by molar-refractivity contribution is -0.0658. The van der Waals surface area contributed by atoms with Crippen LogP contribution in [0.15, 0.2) is 30.5 Å². The first-order chi connectivity index (χ1) is 16.0. The fraction of sp³-hybridized carbons (Fsp3) is 0.450. The van der Waals surface area contributed by atoms with Crippen LogP contribution in [0.2, 0.25) is 5.28 Å². The summed E-state index contributed by atoms with van der Waals surface area (Å²) in [5.41, 5.74) is 2.45. The van der Waals surface area contributed by atoms with Crippen molar-refractivity contribution in [2.75, 3.05) is 18.3 Å². The predicted octanol–water partition coefficient (Wildman–Crippen LogP) is 1.73. The predicted molar refractivity (Wildman–Crippen MR) is 122 cm³/mol. The Labute approximate surface area is 199 Å². The second-order valence-corrected chi connectivity index (χ2v) is 10.1. The van der Waals surface area contributed by atoms with Gasteiger partial charge in [0, 0.05) is 6.04 Å². The van der Waals surface area contributed by atoms with E-state index in [0.29, 0.717) is 11.2 Å². The number of aliphatic hydroxyl groups is 2. The summed E-state index contributed by atoms with van der Waals surface area (Å²) in [6.07, 6.45) is -4.29. The van der Waals surface area contributed by atoms with Crippen molar-refractivity contribution in [1.29, 1.82) is 0 Å². The van der Waals surface area contributed by atoms with Gasteiger partial charge in [0.05, 0.1) is 18.2 Å². The van der Waals surface area contributed by atoms with E-state index in [0.717, 1.165) is 11.1 Å². The highest BCUT2D eigenvalue weighted by Gasteiger charge is 2.45. The normalized spacial score (nSPS) is 24.0. The Bertz CT molecular complexity index is 1200. The lowest BCUT2D eigenvalue weighted by atomic mass is 10.1. The molecule has 0 spiro atoms. The Kier molecular flexibility index (Phi) is 7.22. The third-order valence-electron chi connectivity index (χ3n) is 5.48. The molecule has 5 atom stereocenters. The van der Waals surface area contributed by atoms with E-state index in [-0.39, 0.29) is 23.6 Å². The first-order valence-electron chi connectivity index (χ1n) is 10.4. The largest absolute Gasteiger partial charge is 0.387 e. The molecule has 0 radical (unpaired) electrons. The summed E-state index contributed by atoms with van der Waals surface area (Å²) < 4.78 is 22.9. The molecule has 1 saturated heterocycles. The van der Waals surface area contributed by atoms with Crippen LogP contribution >= 0.6 is 19.2 Å². The number of halogens is 1. The Balaban J connectivity index is 1.56. The van der Waals surface area contributed by atoms with Gasteiger partial charge in [-0.2, -0.15) is 15.1 Å². The molecule has 3 heterocycles. The van der Waals surface area contributed by atoms with Crippen molar-refractivity contribution in [2.24, 2.45) is 0 Å². The van der Waals surface area contributed by atoms with Crippen molar-refractivity contribution >= 4 is 36.0 Å². The van der Waals surface area contributed by atoms with Gasteiger partial charge in [-0.25, -0.2) is 4.68 Å². The molecule has 1 aliphatic heterocycles. The Morgan fingerprint density at radius 1 is 1.24 bits per heavy atom. The van der Waals surface area contributed by atoms with Gasteiger partial charge in [0.25, 0.3) is 0 Å². The lowest BCUT2D eigenvalue weighted by Crippen LogP contribution is -2.34. The zero-order chi connectivity index (χ0) is 24.6. The molecule has 3 aromatic rings. The Morgan fingerprint density at radius 3 is 2.62 bits per heavy atom. The van der Waals surface area contributed by atoms with E-state index in [4.69, 9.17) is 30.9 Å². The molecule has 1 fully saturated rings. The average Bonchev–Trinajstić information content (AvgIpc) is 3.29. The molecule has 0 aliphatic carbocycles. The highest BCUT2D eigenvalue weighted by atomic mass is 35.5. The summed E-state index contributed by atoms with van der Waals surface area (Å²) in [7, 11) is -4.38. The van der Waals surface area contributed by atoms with Crippen LogP contribution in [0.1, 0.15) is 30.3 Å². The van der Waals surface area contributed by atoms with Crippen molar-refractivity contribution in [3.05, 3.63) is 46.9 Å². The standard InChI is InChI=1S/C20H25ClN5O7P/c1-10-3-5-12(6-4-10)11(2)23-17-13-7-22-26(18(13)25-20(21)24-17)19-16(28)15(27)14(33-19)8-32-9-34(29,30)31/h3-7,11,14-16,19,27-28H,8-9H2,1-2H3,(H,23,24,25)(H2,29,30,31)/t11-,14+,15+,16+,19+/m0/s1. The van der Waals surface area contributed by atoms with Crippen molar-refractivity contribution in [2.45, 2.75) is 44.4 Å². The van der Waals surface area contributed by atoms with Crippen molar-refractivity contribution < 1.29 is 34.0 Å². The van der Waals surface area contributed by atoms with Crippen molar-refractivity contribution in [1.82, 2.24) is 19.7 Å². The second kappa shape index (κ2) is 9.84. The SMILES string of the molecule is Cc1ccc([C@H](C)Nc2nc(Cl)nc3c2cnn3[C@@H]2O[C@H](COCP(=O)(O)O)[C@@H](O)[C@H]2O)cc1. The maximum absolute atomic E-state index is 11.0. The highest BCUT2D eigenvalue weighted by molar-refractivity contribution is 7.51. The molecule has 0 bridgehead atoms. The average molecular weight is 514 g/mol. The molecular weight excluding hydrogens is 489 g/mol. The van der Waals surface area contributed by atoms with Crippen LogP contribution in [0.4, 0.5) is 5.82 Å². The van der Waals surface area contributed by atoms with Gasteiger partial charge in [-0.1, -0.05) is 29.8 Å². The Morgan fingerprint density at radius 2 is 1.94 bits per heavy atom. The van der Waals surface area contributed by atoms with E-state index in [2.05, 4.69) is 20.4 Å². The molecule has 1 aliphatic rings. The van der Waals surface area contributed by atoms with Gasteiger partial charge in [-0.15, -0.1) is 0 Å². The minimum atomic E-state index is -4.38. The number of hydrogen-bond donors (Lipinski definition) is 5. The number of fused-ring (bicyclic) bond motifs is 1. The van der Waals surface area contributed by atoms with E-state index in [1.807, 2.05) is 38.1 Å². The fourth-order valence-corrected chi connectivity index (χ4v) is 4.20. The van der Waals surface area contributed by atoms with Gasteiger partial charge in [-0.3, -0.25) is 4.57 Å². The number of ether oxygens (including phenoxy) is 2. The number of hydrogen-bond acceptors (Lipinski definition) is 9. The zero-order valence-electron chi connectivity index (χ0n) is 18.3. The number of anilines is 1. The molecule has 1 aromatic carbocycles. The molecule has 34 heavy (non-hydrogen) atoms. The summed E-state index contributed by atoms with van der Waals surface area (Å²) in [6.45, 7) is 3.64. The number of rotatable bonds is 8. The number of aryl methyl sites for hydroxylation is 1. The number of nitrogens with one attached hydrogen (secondary N) is 1. The number of nitrogens with zero attached hydrogens (tertiary/aromatic N) is 4. The van der Waals surface area contributed by atoms with E-state index in [9.17, 15) is 14.8 Å². The van der Waals surface area contributed by atoms with Crippen LogP contribution < -0.4 is 5.32 Å². The van der Waals surface area contributed by atoms with Crippen LogP contribution in [0.3, 0.4) is 0 Å². The third kappa shape index (κ3) is 5.40. The first kappa shape index (κ1) is 25.0. The van der Waals surface area contributed by atoms with Crippen molar-refractivity contribution in [3.63, 3.8) is 0 Å². The van der Waals surface area contributed by atoms with E-state index >= 15 is 0 Å². The quantitative estimate of drug-likeness (QED) is 0.219. The first-order valence-corrected chi connectivity index (χ1v) is 12.6. The molecule has 0 unspecified atom stereocenters. The summed E-state index contributed by atoms with van der Waals surface area (Å²) >= 11 is 6.16. The van der Waals surface area contributed by atoms with E-state index < -0.39 is 38.5 Å². The van der Waals surface area contributed by atoms with Gasteiger partial charge in [0.1, 0.15) is 30.5 Å². The smallest absolute Gasteiger partial charge is 0.350 e. The third-order valence-corrected chi connectivity index (χ3v) is 6.16.